The number of nitrogens with two attached hydrogens (primary N) is 1. The molecule has 1 aliphatic rings. The average molecular weight is 292 g/mol. The molecule has 3 N–H and O–H groups in total. The maximum Gasteiger partial charge on any atom is 0.308 e. The Bertz CT molecular complexity index is 572. The van der Waals surface area contributed by atoms with Crippen LogP contribution in [0.15, 0.2) is 24.3 Å². The molecule has 112 valence electrons. The number of ether oxygens (including phenoxy) is 1. The zero-order valence-corrected chi connectivity index (χ0v) is 11.3. The minimum atomic E-state index is -0.899. The topological polar surface area (TPSA) is 110 Å². The first-order valence-electron chi connectivity index (χ1n) is 6.51. The second-order valence-electron chi connectivity index (χ2n) is 4.83. The van der Waals surface area contributed by atoms with Crippen LogP contribution in [0.4, 0.5) is 0 Å². The maximum absolute atomic E-state index is 12.4. The van der Waals surface area contributed by atoms with Crippen molar-refractivity contribution in [1.29, 1.82) is 0 Å². The molecule has 1 fully saturated rings. The Hall–Kier alpha value is -2.57. The molecule has 2 amide bonds. The van der Waals surface area contributed by atoms with Crippen LogP contribution in [-0.2, 0) is 9.59 Å². The summed E-state index contributed by atoms with van der Waals surface area (Å²) >= 11 is 0. The van der Waals surface area contributed by atoms with Gasteiger partial charge in [0.05, 0.1) is 11.5 Å². The third-order valence-electron chi connectivity index (χ3n) is 3.31. The maximum atomic E-state index is 12.4. The van der Waals surface area contributed by atoms with E-state index in [0.717, 1.165) is 0 Å². The number of benzene rings is 1. The SMILES string of the molecule is NC(=O)COc1ccccc1C(=O)N1CCC(C(=O)O)C1. The third-order valence-corrected chi connectivity index (χ3v) is 3.31. The van der Waals surface area contributed by atoms with E-state index in [9.17, 15) is 14.4 Å². The number of rotatable bonds is 5. The van der Waals surface area contributed by atoms with Crippen LogP contribution >= 0.6 is 0 Å². The van der Waals surface area contributed by atoms with Crippen LogP contribution in [0.1, 0.15) is 16.8 Å². The minimum absolute atomic E-state index is 0.179. The molecule has 1 saturated heterocycles. The highest BCUT2D eigenvalue weighted by atomic mass is 16.5. The van der Waals surface area contributed by atoms with E-state index in [1.807, 2.05) is 0 Å². The molecule has 7 nitrogen and oxygen atoms in total. The predicted molar refractivity (Wildman–Crippen MR) is 72.8 cm³/mol. The molecule has 2 rings (SSSR count). The molecule has 1 aromatic carbocycles. The number of amides is 2. The lowest BCUT2D eigenvalue weighted by molar-refractivity contribution is -0.141. The smallest absolute Gasteiger partial charge is 0.308 e. The molecule has 0 aliphatic carbocycles. The Morgan fingerprint density at radius 1 is 1.33 bits per heavy atom. The van der Waals surface area contributed by atoms with Gasteiger partial charge in [-0.3, -0.25) is 14.4 Å². The molecule has 1 unspecified atom stereocenters. The summed E-state index contributed by atoms with van der Waals surface area (Å²) in [6.07, 6.45) is 0.436. The first-order valence-corrected chi connectivity index (χ1v) is 6.51. The molecule has 0 bridgehead atoms. The number of hydrogen-bond donors (Lipinski definition) is 2. The monoisotopic (exact) mass is 292 g/mol. The second-order valence-corrected chi connectivity index (χ2v) is 4.83. The number of primary amides is 1. The Morgan fingerprint density at radius 2 is 2.05 bits per heavy atom. The van der Waals surface area contributed by atoms with E-state index < -0.39 is 17.8 Å². The molecule has 0 aromatic heterocycles. The molecule has 0 radical (unpaired) electrons. The highest BCUT2D eigenvalue weighted by Gasteiger charge is 2.32. The van der Waals surface area contributed by atoms with Gasteiger partial charge in [0.25, 0.3) is 11.8 Å². The fraction of sp³-hybridized carbons (Fsp3) is 0.357. The van der Waals surface area contributed by atoms with E-state index >= 15 is 0 Å². The summed E-state index contributed by atoms with van der Waals surface area (Å²) in [5.41, 5.74) is 5.31. The fourth-order valence-electron chi connectivity index (χ4n) is 2.23. The van der Waals surface area contributed by atoms with E-state index in [0.29, 0.717) is 18.5 Å². The van der Waals surface area contributed by atoms with Crippen LogP contribution in [-0.4, -0.2) is 47.5 Å². The molecule has 1 aromatic rings. The molecular weight excluding hydrogens is 276 g/mol. The van der Waals surface area contributed by atoms with Crippen molar-refractivity contribution < 1.29 is 24.2 Å². The van der Waals surface area contributed by atoms with Crippen LogP contribution in [0.5, 0.6) is 5.75 Å². The zero-order chi connectivity index (χ0) is 15.4. The summed E-state index contributed by atoms with van der Waals surface area (Å²) in [6.45, 7) is 0.250. The number of carbonyl (C=O) groups excluding carboxylic acids is 2. The third kappa shape index (κ3) is 3.50. The summed E-state index contributed by atoms with van der Waals surface area (Å²) in [4.78, 5) is 35.6. The summed E-state index contributed by atoms with van der Waals surface area (Å²) in [5.74, 6) is -2.11. The zero-order valence-electron chi connectivity index (χ0n) is 11.3. The summed E-state index contributed by atoms with van der Waals surface area (Å²) in [6, 6.07) is 6.50. The van der Waals surface area contributed by atoms with Crippen LogP contribution < -0.4 is 10.5 Å². The second kappa shape index (κ2) is 6.25. The summed E-state index contributed by atoms with van der Waals surface area (Å²) < 4.78 is 5.22. The standard InChI is InChI=1S/C14H16N2O5/c15-12(17)8-21-11-4-2-1-3-10(11)13(18)16-6-5-9(7-16)14(19)20/h1-4,9H,5-8H2,(H2,15,17)(H,19,20). The average Bonchev–Trinajstić information content (AvgIpc) is 2.94. The predicted octanol–water partition coefficient (Wildman–Crippen LogP) is 0.0974. The highest BCUT2D eigenvalue weighted by Crippen LogP contribution is 2.24. The van der Waals surface area contributed by atoms with Gasteiger partial charge in [-0.2, -0.15) is 0 Å². The number of aliphatic carboxylic acids is 1. The first kappa shape index (κ1) is 14.8. The van der Waals surface area contributed by atoms with E-state index in [1.54, 1.807) is 24.3 Å². The van der Waals surface area contributed by atoms with Gasteiger partial charge in [0.15, 0.2) is 6.61 Å². The van der Waals surface area contributed by atoms with Gasteiger partial charge in [0, 0.05) is 13.1 Å². The molecule has 1 aliphatic heterocycles. The molecule has 1 heterocycles. The molecular formula is C14H16N2O5. The largest absolute Gasteiger partial charge is 0.483 e. The number of likely N-dealkylation sites (tertiary alicyclic amines) is 1. The molecule has 1 atom stereocenters. The van der Waals surface area contributed by atoms with Crippen LogP contribution in [0.25, 0.3) is 0 Å². The Balaban J connectivity index is 2.12. The Kier molecular flexibility index (Phi) is 4.42. The van der Waals surface area contributed by atoms with E-state index in [1.165, 1.54) is 4.90 Å². The number of para-hydroxylation sites is 1. The van der Waals surface area contributed by atoms with Gasteiger partial charge < -0.3 is 20.5 Å². The van der Waals surface area contributed by atoms with Gasteiger partial charge in [-0.25, -0.2) is 0 Å². The number of carboxylic acid groups (broad SMARTS) is 1. The molecule has 0 spiro atoms. The van der Waals surface area contributed by atoms with E-state index in [2.05, 4.69) is 0 Å². The highest BCUT2D eigenvalue weighted by molar-refractivity contribution is 5.97. The lowest BCUT2D eigenvalue weighted by atomic mass is 10.1. The van der Waals surface area contributed by atoms with Gasteiger partial charge >= 0.3 is 5.97 Å². The van der Waals surface area contributed by atoms with Crippen LogP contribution in [0.2, 0.25) is 0 Å². The van der Waals surface area contributed by atoms with Gasteiger partial charge in [-0.05, 0) is 18.6 Å². The number of carboxylic acids is 1. The molecule has 21 heavy (non-hydrogen) atoms. The van der Waals surface area contributed by atoms with Gasteiger partial charge in [-0.15, -0.1) is 0 Å². The summed E-state index contributed by atoms with van der Waals surface area (Å²) in [7, 11) is 0. The van der Waals surface area contributed by atoms with Crippen molar-refractivity contribution >= 4 is 17.8 Å². The van der Waals surface area contributed by atoms with Crippen molar-refractivity contribution in [1.82, 2.24) is 4.90 Å². The lowest BCUT2D eigenvalue weighted by Gasteiger charge is -2.18. The van der Waals surface area contributed by atoms with Crippen LogP contribution in [0, 0.1) is 5.92 Å². The number of carbonyl (C=O) groups is 3. The summed E-state index contributed by atoms with van der Waals surface area (Å²) in [5, 5.41) is 8.97. The normalized spacial score (nSPS) is 17.5. The van der Waals surface area contributed by atoms with Crippen LogP contribution in [0.3, 0.4) is 0 Å². The van der Waals surface area contributed by atoms with Crippen molar-refractivity contribution in [3.05, 3.63) is 29.8 Å². The van der Waals surface area contributed by atoms with Gasteiger partial charge in [0.2, 0.25) is 0 Å². The van der Waals surface area contributed by atoms with E-state index in [4.69, 9.17) is 15.6 Å². The van der Waals surface area contributed by atoms with Crippen molar-refractivity contribution in [2.75, 3.05) is 19.7 Å². The number of nitrogens with zero attached hydrogens (tertiary/aromatic N) is 1. The van der Waals surface area contributed by atoms with Crippen molar-refractivity contribution in [3.63, 3.8) is 0 Å². The minimum Gasteiger partial charge on any atom is -0.483 e. The quantitative estimate of drug-likeness (QED) is 0.799. The fourth-order valence-corrected chi connectivity index (χ4v) is 2.23. The van der Waals surface area contributed by atoms with Gasteiger partial charge in [-0.1, -0.05) is 12.1 Å². The van der Waals surface area contributed by atoms with Crippen molar-refractivity contribution in [2.24, 2.45) is 11.7 Å². The first-order chi connectivity index (χ1) is 9.99. The molecule has 0 saturated carbocycles. The van der Waals surface area contributed by atoms with Crippen molar-refractivity contribution in [3.8, 4) is 5.75 Å². The Morgan fingerprint density at radius 3 is 2.67 bits per heavy atom. The van der Waals surface area contributed by atoms with Gasteiger partial charge in [0.1, 0.15) is 5.75 Å². The number of hydrogen-bond acceptors (Lipinski definition) is 4. The Labute approximate surface area is 121 Å². The lowest BCUT2D eigenvalue weighted by Crippen LogP contribution is -2.30. The van der Waals surface area contributed by atoms with Crippen molar-refractivity contribution in [2.45, 2.75) is 6.42 Å². The molecule has 7 heteroatoms. The van der Waals surface area contributed by atoms with E-state index in [-0.39, 0.29) is 24.8 Å².